The van der Waals surface area contributed by atoms with Crippen molar-refractivity contribution in [3.05, 3.63) is 188 Å². The third-order valence-corrected chi connectivity index (χ3v) is 19.6. The number of fused-ring (bicyclic) bond motifs is 14. The number of ketones is 1. The summed E-state index contributed by atoms with van der Waals surface area (Å²) in [6.45, 7) is 23.7. The van der Waals surface area contributed by atoms with Crippen LogP contribution in [0.5, 0.6) is 0 Å². The molecule has 1 saturated carbocycles. The second kappa shape index (κ2) is 14.4. The van der Waals surface area contributed by atoms with Gasteiger partial charge in [0.25, 0.3) is 0 Å². The Morgan fingerprint density at radius 2 is 0.973 bits per heavy atom. The fourth-order valence-corrected chi connectivity index (χ4v) is 16.1. The zero-order chi connectivity index (χ0) is 50.3. The third-order valence-electron chi connectivity index (χ3n) is 19.6. The van der Waals surface area contributed by atoms with E-state index in [1.165, 1.54) is 146 Å². The molecule has 1 fully saturated rings. The van der Waals surface area contributed by atoms with Gasteiger partial charge in [0.2, 0.25) is 0 Å². The second-order valence-electron chi connectivity index (χ2n) is 25.6. The molecule has 18 rings (SSSR count). The zero-order valence-corrected chi connectivity index (χ0v) is 44.6. The van der Waals surface area contributed by atoms with Crippen molar-refractivity contribution in [3.8, 4) is 11.1 Å². The van der Waals surface area contributed by atoms with Gasteiger partial charge in [0.15, 0.2) is 5.78 Å². The van der Waals surface area contributed by atoms with Gasteiger partial charge >= 0.3 is 0 Å². The lowest BCUT2D eigenvalue weighted by molar-refractivity contribution is 0.0974. The maximum absolute atomic E-state index is 15.5. The van der Waals surface area contributed by atoms with E-state index >= 15 is 4.79 Å². The Hall–Kier alpha value is -6.97. The van der Waals surface area contributed by atoms with Gasteiger partial charge in [0, 0.05) is 54.6 Å². The van der Waals surface area contributed by atoms with Crippen LogP contribution in [0.15, 0.2) is 115 Å². The molecule has 0 N–H and O–H groups in total. The molecule has 0 amide bonds. The van der Waals surface area contributed by atoms with E-state index in [2.05, 4.69) is 193 Å². The molecule has 6 aliphatic carbocycles. The Morgan fingerprint density at radius 3 is 1.53 bits per heavy atom. The van der Waals surface area contributed by atoms with E-state index in [0.717, 1.165) is 27.8 Å². The number of carbonyl (C=O) groups is 1. The van der Waals surface area contributed by atoms with Crippen LogP contribution in [0.1, 0.15) is 207 Å². The minimum atomic E-state index is -0.323. The van der Waals surface area contributed by atoms with Crippen molar-refractivity contribution in [2.24, 2.45) is 0 Å². The average molecular weight is 961 g/mol. The Bertz CT molecular complexity index is 4420. The molecule has 4 heterocycles. The second-order valence-corrected chi connectivity index (χ2v) is 25.6. The molecule has 8 aromatic carbocycles. The van der Waals surface area contributed by atoms with Crippen LogP contribution in [0.2, 0.25) is 0 Å². The third kappa shape index (κ3) is 5.36. The molecule has 0 spiro atoms. The molecular weight excluding hydrogens is 897 g/mol. The van der Waals surface area contributed by atoms with Crippen molar-refractivity contribution in [2.45, 2.75) is 142 Å². The fraction of sp³-hybridized carbons (Fsp3) is 0.310. The van der Waals surface area contributed by atoms with Crippen molar-refractivity contribution in [1.82, 2.24) is 8.80 Å². The number of nitrogens with zero attached hydrogens (tertiary/aromatic N) is 2. The van der Waals surface area contributed by atoms with E-state index in [4.69, 9.17) is 0 Å². The Morgan fingerprint density at radius 1 is 0.486 bits per heavy atom. The number of aryl methyl sites for hydroxylation is 1. The molecule has 0 aliphatic heterocycles. The smallest absolute Gasteiger partial charge is 0.175 e. The standard InChI is InChI=1S/C71H64N2O/c1-34(2)40-24-47(35(3)4)63(48(25-40)36(5)6)41-26-53-50-31-58-51(32-59(50)73-61-23-37(7)62-38-19-21-39(22-20-38)64(62)67(61)57(27-41)69(53)73)55-29-42(71(8,9)10)28-54-49-30-52-56(33-60(49)72(58)68(54)55)70(74)66-45-17-13-11-15-43(45)65(52)44-16-12-14-18-46(44)66/h11-18,23-36,38-39,65-66H,19-22H2,1-10H3. The first-order chi connectivity index (χ1) is 35.7. The van der Waals surface area contributed by atoms with Gasteiger partial charge < -0.3 is 8.80 Å². The van der Waals surface area contributed by atoms with Crippen LogP contribution in [0.4, 0.5) is 0 Å². The van der Waals surface area contributed by atoms with E-state index in [1.807, 2.05) is 0 Å². The van der Waals surface area contributed by atoms with Crippen molar-refractivity contribution >= 4 is 82.0 Å². The highest BCUT2D eigenvalue weighted by Crippen LogP contribution is 2.58. The molecule has 4 aromatic heterocycles. The summed E-state index contributed by atoms with van der Waals surface area (Å²) in [7, 11) is 0. The van der Waals surface area contributed by atoms with Gasteiger partial charge in [-0.15, -0.1) is 0 Å². The van der Waals surface area contributed by atoms with E-state index in [0.29, 0.717) is 29.6 Å². The number of Topliss-reactive ketones (excluding diaryl/α,β-unsaturated/α-hetero) is 1. The Balaban J connectivity index is 1.06. The van der Waals surface area contributed by atoms with E-state index < -0.39 is 0 Å². The zero-order valence-electron chi connectivity index (χ0n) is 44.6. The summed E-state index contributed by atoms with van der Waals surface area (Å²) >= 11 is 0. The molecular formula is C71H64N2O. The first-order valence-electron chi connectivity index (χ1n) is 28.1. The van der Waals surface area contributed by atoms with Crippen molar-refractivity contribution in [1.29, 1.82) is 0 Å². The van der Waals surface area contributed by atoms with Gasteiger partial charge in [0.1, 0.15) is 0 Å². The molecule has 6 aliphatic rings. The van der Waals surface area contributed by atoms with Crippen molar-refractivity contribution in [2.75, 3.05) is 0 Å². The molecule has 3 heteroatoms. The summed E-state index contributed by atoms with van der Waals surface area (Å²) < 4.78 is 5.26. The predicted molar refractivity (Wildman–Crippen MR) is 311 cm³/mol. The maximum Gasteiger partial charge on any atom is 0.175 e. The number of rotatable bonds is 4. The van der Waals surface area contributed by atoms with Crippen LogP contribution < -0.4 is 0 Å². The van der Waals surface area contributed by atoms with Crippen LogP contribution >= 0.6 is 0 Å². The van der Waals surface area contributed by atoms with E-state index in [-0.39, 0.29) is 23.0 Å². The largest absolute Gasteiger partial charge is 0.308 e. The minimum absolute atomic E-state index is 0.00983. The van der Waals surface area contributed by atoms with Gasteiger partial charge in [-0.05, 0) is 200 Å². The number of hydrogen-bond acceptors (Lipinski definition) is 1. The lowest BCUT2D eigenvalue weighted by atomic mass is 9.65. The molecule has 12 aromatic rings. The number of benzene rings is 8. The monoisotopic (exact) mass is 961 g/mol. The van der Waals surface area contributed by atoms with Crippen LogP contribution in [0.3, 0.4) is 0 Å². The SMILES string of the molecule is Cc1cc2c(c3c1C1CCC3CC1)c1cc(-c3c(C(C)C)cc(C(C)C)cc3C(C)C)cc3c4cc5c(cc4n2c31)c1cc(C(C)(C)C)cc2c3cc4c(cc3n5c21)C(=O)C1c2ccccc2C4c2ccccc21. The molecule has 0 atom stereocenters. The highest BCUT2D eigenvalue weighted by Gasteiger charge is 2.43. The summed E-state index contributed by atoms with van der Waals surface area (Å²) in [5.74, 6) is 2.34. The number of aromatic nitrogens is 2. The van der Waals surface area contributed by atoms with Crippen LogP contribution in [0, 0.1) is 6.92 Å². The van der Waals surface area contributed by atoms with Crippen molar-refractivity contribution in [3.63, 3.8) is 0 Å². The van der Waals surface area contributed by atoms with Gasteiger partial charge in [-0.3, -0.25) is 4.79 Å². The highest BCUT2D eigenvalue weighted by molar-refractivity contribution is 6.30. The molecule has 74 heavy (non-hydrogen) atoms. The summed E-state index contributed by atoms with van der Waals surface area (Å²) in [6, 6.07) is 45.2. The summed E-state index contributed by atoms with van der Waals surface area (Å²) in [6.07, 6.45) is 5.24. The molecule has 4 bridgehead atoms. The summed E-state index contributed by atoms with van der Waals surface area (Å²) in [5.41, 5.74) is 27.6. The van der Waals surface area contributed by atoms with E-state index in [9.17, 15) is 0 Å². The molecule has 0 radical (unpaired) electrons. The number of carbonyl (C=O) groups excluding carboxylic acids is 1. The molecule has 364 valence electrons. The average Bonchev–Trinajstić information content (AvgIpc) is 4.28. The lowest BCUT2D eigenvalue weighted by Crippen LogP contribution is -2.23. The van der Waals surface area contributed by atoms with Crippen LogP contribution in [0.25, 0.3) is 87.3 Å². The minimum Gasteiger partial charge on any atom is -0.308 e. The van der Waals surface area contributed by atoms with Gasteiger partial charge in [-0.2, -0.15) is 0 Å². The lowest BCUT2D eigenvalue weighted by Gasteiger charge is -2.40. The van der Waals surface area contributed by atoms with Gasteiger partial charge in [-0.1, -0.05) is 123 Å². The van der Waals surface area contributed by atoms with Gasteiger partial charge in [-0.25, -0.2) is 0 Å². The Labute approximate surface area is 433 Å². The van der Waals surface area contributed by atoms with Crippen LogP contribution in [-0.4, -0.2) is 14.6 Å². The highest BCUT2D eigenvalue weighted by atomic mass is 16.1. The molecule has 3 nitrogen and oxygen atoms in total. The van der Waals surface area contributed by atoms with Crippen LogP contribution in [-0.2, 0) is 5.41 Å². The first-order valence-corrected chi connectivity index (χ1v) is 28.1. The predicted octanol–water partition coefficient (Wildman–Crippen LogP) is 19.2. The van der Waals surface area contributed by atoms with E-state index in [1.54, 1.807) is 11.1 Å². The van der Waals surface area contributed by atoms with Crippen molar-refractivity contribution < 1.29 is 4.79 Å². The summed E-state index contributed by atoms with van der Waals surface area (Å²) in [4.78, 5) is 15.5. The normalized spacial score (nSPS) is 19.4. The quantitative estimate of drug-likeness (QED) is 0.173. The summed E-state index contributed by atoms with van der Waals surface area (Å²) in [5, 5.41) is 10.7. The maximum atomic E-state index is 15.5. The fourth-order valence-electron chi connectivity index (χ4n) is 16.1. The number of hydrogen-bond donors (Lipinski definition) is 0. The topological polar surface area (TPSA) is 25.9 Å². The van der Waals surface area contributed by atoms with Gasteiger partial charge in [0.05, 0.1) is 39.0 Å². The Kier molecular flexibility index (Phi) is 8.48. The molecule has 0 unspecified atom stereocenters. The molecule has 0 saturated heterocycles. The first kappa shape index (κ1) is 43.4.